The summed E-state index contributed by atoms with van der Waals surface area (Å²) < 4.78 is 7.53. The van der Waals surface area contributed by atoms with Crippen molar-refractivity contribution in [1.29, 1.82) is 0 Å². The minimum absolute atomic E-state index is 0.235. The van der Waals surface area contributed by atoms with Gasteiger partial charge in [0.15, 0.2) is 0 Å². The van der Waals surface area contributed by atoms with Gasteiger partial charge in [0.2, 0.25) is 5.91 Å². The molecule has 8 heteroatoms. The van der Waals surface area contributed by atoms with Gasteiger partial charge < -0.3 is 10.1 Å². The van der Waals surface area contributed by atoms with Gasteiger partial charge >= 0.3 is 6.01 Å². The number of amides is 1. The number of ether oxygens (including phenoxy) is 1. The van der Waals surface area contributed by atoms with E-state index < -0.39 is 0 Å². The molecule has 0 fully saturated rings. The van der Waals surface area contributed by atoms with E-state index >= 15 is 0 Å². The first-order chi connectivity index (χ1) is 16.4. The lowest BCUT2D eigenvalue weighted by molar-refractivity contribution is -0.111. The van der Waals surface area contributed by atoms with Crippen molar-refractivity contribution in [2.24, 2.45) is 0 Å². The number of benzene rings is 2. The molecule has 2 aromatic carbocycles. The standard InChI is InChI=1S/C26H24ClN5O2/c1-17-15-21(34-26-28-13-6-14-29-26)9-11-24(17)30-25(33)12-10-22-18(2)31-32(19(22)3)16-20-7-4-5-8-23(20)27/h4-15H,16H2,1-3H3,(H,30,33). The lowest BCUT2D eigenvalue weighted by Crippen LogP contribution is -2.09. The number of anilines is 1. The highest BCUT2D eigenvalue weighted by atomic mass is 35.5. The van der Waals surface area contributed by atoms with Crippen LogP contribution >= 0.6 is 11.6 Å². The van der Waals surface area contributed by atoms with Crippen molar-refractivity contribution in [2.75, 3.05) is 5.32 Å². The summed E-state index contributed by atoms with van der Waals surface area (Å²) in [5.74, 6) is 0.357. The summed E-state index contributed by atoms with van der Waals surface area (Å²) >= 11 is 6.29. The Morgan fingerprint density at radius 3 is 2.59 bits per heavy atom. The van der Waals surface area contributed by atoms with Gasteiger partial charge in [0, 0.05) is 40.4 Å². The van der Waals surface area contributed by atoms with Crippen LogP contribution in [0.25, 0.3) is 6.08 Å². The fourth-order valence-corrected chi connectivity index (χ4v) is 3.71. The molecular formula is C26H24ClN5O2. The Hall–Kier alpha value is -3.97. The zero-order chi connectivity index (χ0) is 24.1. The van der Waals surface area contributed by atoms with E-state index in [4.69, 9.17) is 16.3 Å². The lowest BCUT2D eigenvalue weighted by atomic mass is 10.1. The summed E-state index contributed by atoms with van der Waals surface area (Å²) in [5, 5.41) is 8.23. The Bertz CT molecular complexity index is 1350. The molecule has 0 aliphatic rings. The average Bonchev–Trinajstić information content (AvgIpc) is 3.08. The van der Waals surface area contributed by atoms with E-state index in [1.54, 1.807) is 36.7 Å². The molecule has 2 heterocycles. The second kappa shape index (κ2) is 10.3. The maximum atomic E-state index is 12.6. The number of halogens is 1. The summed E-state index contributed by atoms with van der Waals surface area (Å²) in [5.41, 5.74) is 5.25. The van der Waals surface area contributed by atoms with Gasteiger partial charge in [0.1, 0.15) is 5.75 Å². The average molecular weight is 474 g/mol. The number of hydrogen-bond donors (Lipinski definition) is 1. The van der Waals surface area contributed by atoms with Gasteiger partial charge in [-0.1, -0.05) is 29.8 Å². The molecule has 4 rings (SSSR count). The Morgan fingerprint density at radius 1 is 1.09 bits per heavy atom. The molecule has 1 amide bonds. The quantitative estimate of drug-likeness (QED) is 0.346. The van der Waals surface area contributed by atoms with E-state index in [-0.39, 0.29) is 11.9 Å². The molecule has 0 saturated heterocycles. The van der Waals surface area contributed by atoms with Gasteiger partial charge in [0.05, 0.1) is 12.2 Å². The van der Waals surface area contributed by atoms with Crippen molar-refractivity contribution in [3.63, 3.8) is 0 Å². The summed E-state index contributed by atoms with van der Waals surface area (Å²) in [4.78, 5) is 20.7. The van der Waals surface area contributed by atoms with Gasteiger partial charge in [-0.3, -0.25) is 9.48 Å². The van der Waals surface area contributed by atoms with Crippen LogP contribution in [0.3, 0.4) is 0 Å². The maximum absolute atomic E-state index is 12.6. The molecule has 0 atom stereocenters. The fourth-order valence-electron chi connectivity index (χ4n) is 3.51. The highest BCUT2D eigenvalue weighted by Gasteiger charge is 2.12. The minimum atomic E-state index is -0.235. The molecule has 0 aliphatic carbocycles. The Morgan fingerprint density at radius 2 is 1.85 bits per heavy atom. The molecular weight excluding hydrogens is 450 g/mol. The van der Waals surface area contributed by atoms with Gasteiger partial charge in [0.25, 0.3) is 0 Å². The third kappa shape index (κ3) is 5.50. The Kier molecular flexibility index (Phi) is 7.04. The number of hydrogen-bond acceptors (Lipinski definition) is 5. The normalized spacial score (nSPS) is 11.1. The zero-order valence-electron chi connectivity index (χ0n) is 19.1. The first-order valence-electron chi connectivity index (χ1n) is 10.7. The van der Waals surface area contributed by atoms with E-state index in [1.165, 1.54) is 6.08 Å². The summed E-state index contributed by atoms with van der Waals surface area (Å²) in [7, 11) is 0. The first kappa shape index (κ1) is 23.2. The molecule has 0 aliphatic heterocycles. The summed E-state index contributed by atoms with van der Waals surface area (Å²) in [6.45, 7) is 6.36. The monoisotopic (exact) mass is 473 g/mol. The van der Waals surface area contributed by atoms with Crippen LogP contribution < -0.4 is 10.1 Å². The molecule has 2 aromatic heterocycles. The predicted octanol–water partition coefficient (Wildman–Crippen LogP) is 5.74. The molecule has 1 N–H and O–H groups in total. The molecule has 172 valence electrons. The van der Waals surface area contributed by atoms with Crippen LogP contribution in [0.2, 0.25) is 5.02 Å². The van der Waals surface area contributed by atoms with Gasteiger partial charge in [-0.25, -0.2) is 9.97 Å². The van der Waals surface area contributed by atoms with Crippen LogP contribution in [-0.2, 0) is 11.3 Å². The number of carbonyl (C=O) groups excluding carboxylic acids is 1. The van der Waals surface area contributed by atoms with Crippen molar-refractivity contribution in [1.82, 2.24) is 19.7 Å². The SMILES string of the molecule is Cc1cc(Oc2ncccn2)ccc1NC(=O)C=Cc1c(C)nn(Cc2ccccc2Cl)c1C. The molecule has 7 nitrogen and oxygen atoms in total. The number of carbonyl (C=O) groups is 1. The van der Waals surface area contributed by atoms with Crippen LogP contribution in [0.1, 0.15) is 28.1 Å². The van der Waals surface area contributed by atoms with E-state index in [2.05, 4.69) is 20.4 Å². The maximum Gasteiger partial charge on any atom is 0.321 e. The highest BCUT2D eigenvalue weighted by Crippen LogP contribution is 2.24. The number of rotatable bonds is 7. The van der Waals surface area contributed by atoms with Crippen molar-refractivity contribution in [2.45, 2.75) is 27.3 Å². The second-order valence-electron chi connectivity index (χ2n) is 7.77. The first-order valence-corrected chi connectivity index (χ1v) is 11.1. The lowest BCUT2D eigenvalue weighted by Gasteiger charge is -2.09. The highest BCUT2D eigenvalue weighted by molar-refractivity contribution is 6.31. The van der Waals surface area contributed by atoms with Crippen LogP contribution in [0.5, 0.6) is 11.8 Å². The minimum Gasteiger partial charge on any atom is -0.424 e. The number of aromatic nitrogens is 4. The van der Waals surface area contributed by atoms with Gasteiger partial charge in [-0.15, -0.1) is 0 Å². The fraction of sp³-hybridized carbons (Fsp3) is 0.154. The largest absolute Gasteiger partial charge is 0.424 e. The molecule has 4 aromatic rings. The third-order valence-corrected chi connectivity index (χ3v) is 5.69. The van der Waals surface area contributed by atoms with Crippen molar-refractivity contribution in [3.8, 4) is 11.8 Å². The number of nitrogens with zero attached hydrogens (tertiary/aromatic N) is 4. The summed E-state index contributed by atoms with van der Waals surface area (Å²) in [6.07, 6.45) is 6.52. The van der Waals surface area contributed by atoms with E-state index in [0.29, 0.717) is 23.0 Å². The number of nitrogens with one attached hydrogen (secondary N) is 1. The zero-order valence-corrected chi connectivity index (χ0v) is 19.9. The van der Waals surface area contributed by atoms with E-state index in [0.717, 1.165) is 28.1 Å². The molecule has 34 heavy (non-hydrogen) atoms. The Labute approximate surface area is 203 Å². The smallest absolute Gasteiger partial charge is 0.321 e. The van der Waals surface area contributed by atoms with E-state index in [9.17, 15) is 4.79 Å². The van der Waals surface area contributed by atoms with E-state index in [1.807, 2.05) is 55.8 Å². The summed E-state index contributed by atoms with van der Waals surface area (Å²) in [6, 6.07) is 15.1. The predicted molar refractivity (Wildman–Crippen MR) is 133 cm³/mol. The Balaban J connectivity index is 1.43. The van der Waals surface area contributed by atoms with Crippen molar-refractivity contribution >= 4 is 29.3 Å². The molecule has 0 bridgehead atoms. The molecule has 0 unspecified atom stereocenters. The van der Waals surface area contributed by atoms with Crippen LogP contribution in [-0.4, -0.2) is 25.7 Å². The van der Waals surface area contributed by atoms with Crippen molar-refractivity contribution in [3.05, 3.63) is 100 Å². The van der Waals surface area contributed by atoms with Gasteiger partial charge in [-0.2, -0.15) is 5.10 Å². The van der Waals surface area contributed by atoms with Crippen LogP contribution in [0.15, 0.2) is 67.0 Å². The van der Waals surface area contributed by atoms with Crippen molar-refractivity contribution < 1.29 is 9.53 Å². The van der Waals surface area contributed by atoms with Crippen LogP contribution in [0, 0.1) is 20.8 Å². The second-order valence-corrected chi connectivity index (χ2v) is 8.17. The molecule has 0 spiro atoms. The van der Waals surface area contributed by atoms with Gasteiger partial charge in [-0.05, 0) is 68.3 Å². The molecule has 0 radical (unpaired) electrons. The molecule has 0 saturated carbocycles. The van der Waals surface area contributed by atoms with Crippen LogP contribution in [0.4, 0.5) is 5.69 Å². The third-order valence-electron chi connectivity index (χ3n) is 5.32. The topological polar surface area (TPSA) is 81.9 Å². The number of aryl methyl sites for hydroxylation is 2.